The summed E-state index contributed by atoms with van der Waals surface area (Å²) < 4.78 is 40.6. The SMILES string of the molecule is O=C1OCCCCC1C(F)(F)F. The third-order valence-electron chi connectivity index (χ3n) is 1.81. The van der Waals surface area contributed by atoms with E-state index in [-0.39, 0.29) is 13.0 Å². The van der Waals surface area contributed by atoms with Gasteiger partial charge in [-0.05, 0) is 19.3 Å². The van der Waals surface area contributed by atoms with Gasteiger partial charge in [0.05, 0.1) is 6.61 Å². The van der Waals surface area contributed by atoms with Crippen molar-refractivity contribution >= 4 is 5.97 Å². The summed E-state index contributed by atoms with van der Waals surface area (Å²) in [7, 11) is 0. The van der Waals surface area contributed by atoms with E-state index in [1.165, 1.54) is 0 Å². The van der Waals surface area contributed by atoms with Crippen LogP contribution in [-0.4, -0.2) is 18.8 Å². The van der Waals surface area contributed by atoms with Gasteiger partial charge in [0.2, 0.25) is 0 Å². The molecule has 0 aliphatic carbocycles. The fourth-order valence-corrected chi connectivity index (χ4v) is 1.14. The Morgan fingerprint density at radius 2 is 2.00 bits per heavy atom. The number of carbonyl (C=O) groups is 1. The van der Waals surface area contributed by atoms with Crippen LogP contribution >= 0.6 is 0 Å². The highest BCUT2D eigenvalue weighted by Gasteiger charge is 2.46. The van der Waals surface area contributed by atoms with E-state index in [1.54, 1.807) is 0 Å². The summed E-state index contributed by atoms with van der Waals surface area (Å²) in [6.45, 7) is 0.116. The molecule has 1 rings (SSSR count). The molecule has 1 aliphatic rings. The third-order valence-corrected chi connectivity index (χ3v) is 1.81. The van der Waals surface area contributed by atoms with Crippen molar-refractivity contribution in [1.29, 1.82) is 0 Å². The van der Waals surface area contributed by atoms with Gasteiger partial charge < -0.3 is 4.74 Å². The van der Waals surface area contributed by atoms with Crippen LogP contribution in [0.3, 0.4) is 0 Å². The second-order valence-corrected chi connectivity index (χ2v) is 2.76. The van der Waals surface area contributed by atoms with Gasteiger partial charge in [0, 0.05) is 0 Å². The first-order valence-electron chi connectivity index (χ1n) is 3.75. The van der Waals surface area contributed by atoms with Crippen molar-refractivity contribution in [3.63, 3.8) is 0 Å². The number of alkyl halides is 3. The van der Waals surface area contributed by atoms with E-state index in [2.05, 4.69) is 4.74 Å². The Hall–Kier alpha value is -0.740. The fraction of sp³-hybridized carbons (Fsp3) is 0.857. The topological polar surface area (TPSA) is 26.3 Å². The van der Waals surface area contributed by atoms with Gasteiger partial charge in [0.15, 0.2) is 5.92 Å². The highest BCUT2D eigenvalue weighted by Crippen LogP contribution is 2.32. The van der Waals surface area contributed by atoms with Gasteiger partial charge in [-0.2, -0.15) is 13.2 Å². The lowest BCUT2D eigenvalue weighted by molar-refractivity contribution is -0.196. The average molecular weight is 182 g/mol. The Labute approximate surface area is 67.7 Å². The average Bonchev–Trinajstić information content (AvgIpc) is 2.11. The summed E-state index contributed by atoms with van der Waals surface area (Å²) in [4.78, 5) is 10.7. The molecule has 0 bridgehead atoms. The summed E-state index contributed by atoms with van der Waals surface area (Å²) in [5.41, 5.74) is 0. The van der Waals surface area contributed by atoms with E-state index >= 15 is 0 Å². The third kappa shape index (κ3) is 2.12. The summed E-state index contributed by atoms with van der Waals surface area (Å²) in [5, 5.41) is 0. The summed E-state index contributed by atoms with van der Waals surface area (Å²) in [5.74, 6) is -3.03. The van der Waals surface area contributed by atoms with Crippen LogP contribution in [0.25, 0.3) is 0 Å². The Morgan fingerprint density at radius 3 is 2.58 bits per heavy atom. The molecular formula is C7H9F3O2. The molecule has 70 valence electrons. The summed E-state index contributed by atoms with van der Waals surface area (Å²) in [6, 6.07) is 0. The Kier molecular flexibility index (Phi) is 2.59. The van der Waals surface area contributed by atoms with Gasteiger partial charge in [-0.15, -0.1) is 0 Å². The van der Waals surface area contributed by atoms with Crippen LogP contribution in [0.4, 0.5) is 13.2 Å². The van der Waals surface area contributed by atoms with Gasteiger partial charge in [0.25, 0.3) is 0 Å². The van der Waals surface area contributed by atoms with Crippen molar-refractivity contribution in [3.8, 4) is 0 Å². The monoisotopic (exact) mass is 182 g/mol. The van der Waals surface area contributed by atoms with Gasteiger partial charge in [-0.1, -0.05) is 0 Å². The molecule has 5 heteroatoms. The molecule has 0 aromatic heterocycles. The zero-order valence-electron chi connectivity index (χ0n) is 6.36. The van der Waals surface area contributed by atoms with E-state index < -0.39 is 18.1 Å². The summed E-state index contributed by atoms with van der Waals surface area (Å²) in [6.07, 6.45) is -3.65. The Bertz CT molecular complexity index is 176. The maximum Gasteiger partial charge on any atom is 0.402 e. The van der Waals surface area contributed by atoms with Crippen molar-refractivity contribution in [2.45, 2.75) is 25.4 Å². The molecule has 0 spiro atoms. The zero-order valence-corrected chi connectivity index (χ0v) is 6.36. The van der Waals surface area contributed by atoms with Crippen LogP contribution in [-0.2, 0) is 9.53 Å². The van der Waals surface area contributed by atoms with E-state index in [0.29, 0.717) is 12.8 Å². The molecule has 1 saturated heterocycles. The quantitative estimate of drug-likeness (QED) is 0.535. The van der Waals surface area contributed by atoms with Crippen LogP contribution < -0.4 is 0 Å². The van der Waals surface area contributed by atoms with Crippen molar-refractivity contribution < 1.29 is 22.7 Å². The molecule has 1 unspecified atom stereocenters. The van der Waals surface area contributed by atoms with E-state index in [0.717, 1.165) is 0 Å². The fourth-order valence-electron chi connectivity index (χ4n) is 1.14. The molecule has 1 heterocycles. The van der Waals surface area contributed by atoms with Gasteiger partial charge >= 0.3 is 12.1 Å². The van der Waals surface area contributed by atoms with Crippen LogP contribution in [0.2, 0.25) is 0 Å². The standard InChI is InChI=1S/C7H9F3O2/c8-7(9,10)5-3-1-2-4-12-6(5)11/h5H,1-4H2. The number of ether oxygens (including phenoxy) is 1. The number of esters is 1. The van der Waals surface area contributed by atoms with E-state index in [4.69, 9.17) is 0 Å². The van der Waals surface area contributed by atoms with Crippen molar-refractivity contribution in [1.82, 2.24) is 0 Å². The number of carbonyl (C=O) groups excluding carboxylic acids is 1. The maximum absolute atomic E-state index is 12.1. The lowest BCUT2D eigenvalue weighted by Gasteiger charge is -2.15. The van der Waals surface area contributed by atoms with Gasteiger partial charge in [-0.3, -0.25) is 4.79 Å². The highest BCUT2D eigenvalue weighted by molar-refractivity contribution is 5.73. The van der Waals surface area contributed by atoms with Crippen LogP contribution in [0.1, 0.15) is 19.3 Å². The molecular weight excluding hydrogens is 173 g/mol. The predicted molar refractivity (Wildman–Crippen MR) is 34.4 cm³/mol. The lowest BCUT2D eigenvalue weighted by atomic mass is 10.0. The second-order valence-electron chi connectivity index (χ2n) is 2.76. The molecule has 0 aromatic carbocycles. The Morgan fingerprint density at radius 1 is 1.33 bits per heavy atom. The number of rotatable bonds is 0. The van der Waals surface area contributed by atoms with Crippen molar-refractivity contribution in [2.24, 2.45) is 5.92 Å². The first-order valence-corrected chi connectivity index (χ1v) is 3.75. The number of hydrogen-bond acceptors (Lipinski definition) is 2. The molecule has 0 saturated carbocycles. The van der Waals surface area contributed by atoms with Gasteiger partial charge in [-0.25, -0.2) is 0 Å². The van der Waals surface area contributed by atoms with E-state index in [9.17, 15) is 18.0 Å². The number of hydrogen-bond donors (Lipinski definition) is 0. The molecule has 1 atom stereocenters. The summed E-state index contributed by atoms with van der Waals surface area (Å²) >= 11 is 0. The van der Waals surface area contributed by atoms with Crippen LogP contribution in [0, 0.1) is 5.92 Å². The number of cyclic esters (lactones) is 1. The first kappa shape index (κ1) is 9.35. The lowest BCUT2D eigenvalue weighted by Crippen LogP contribution is -2.30. The molecule has 2 nitrogen and oxygen atoms in total. The van der Waals surface area contributed by atoms with Crippen molar-refractivity contribution in [2.75, 3.05) is 6.61 Å². The largest absolute Gasteiger partial charge is 0.465 e. The second kappa shape index (κ2) is 3.33. The minimum absolute atomic E-state index is 0.116. The maximum atomic E-state index is 12.1. The molecule has 0 radical (unpaired) electrons. The minimum Gasteiger partial charge on any atom is -0.465 e. The molecule has 0 amide bonds. The minimum atomic E-state index is -4.44. The zero-order chi connectivity index (χ0) is 9.19. The molecule has 0 N–H and O–H groups in total. The molecule has 0 aromatic rings. The first-order chi connectivity index (χ1) is 5.52. The number of halogens is 3. The predicted octanol–water partition coefficient (Wildman–Crippen LogP) is 1.89. The van der Waals surface area contributed by atoms with E-state index in [1.807, 2.05) is 0 Å². The molecule has 12 heavy (non-hydrogen) atoms. The molecule has 1 fully saturated rings. The van der Waals surface area contributed by atoms with Crippen LogP contribution in [0.15, 0.2) is 0 Å². The highest BCUT2D eigenvalue weighted by atomic mass is 19.4. The normalized spacial score (nSPS) is 26.2. The smallest absolute Gasteiger partial charge is 0.402 e. The van der Waals surface area contributed by atoms with Gasteiger partial charge in [0.1, 0.15) is 0 Å². The Balaban J connectivity index is 2.66. The van der Waals surface area contributed by atoms with Crippen molar-refractivity contribution in [3.05, 3.63) is 0 Å². The molecule has 1 aliphatic heterocycles. The van der Waals surface area contributed by atoms with Crippen LogP contribution in [0.5, 0.6) is 0 Å².